The molecule has 0 saturated heterocycles. The molecule has 0 spiro atoms. The van der Waals surface area contributed by atoms with Gasteiger partial charge in [-0.25, -0.2) is 19.4 Å². The van der Waals surface area contributed by atoms with E-state index in [2.05, 4.69) is 15.0 Å². The van der Waals surface area contributed by atoms with E-state index in [0.29, 0.717) is 58.2 Å². The first-order valence-corrected chi connectivity index (χ1v) is 11.0. The Kier molecular flexibility index (Phi) is 5.90. The SMILES string of the molecule is CN(C1=NCCO1)c1ccc2nc(-c3ccc(OCc4cccc(F)c4)c(Cl)c3)nc(N)c2c1. The lowest BCUT2D eigenvalue weighted by molar-refractivity contribution is 0.306. The summed E-state index contributed by atoms with van der Waals surface area (Å²) in [5.41, 5.74) is 9.28. The average Bonchev–Trinajstić information content (AvgIpc) is 3.38. The molecule has 0 atom stereocenters. The molecule has 0 radical (unpaired) electrons. The highest BCUT2D eigenvalue weighted by Gasteiger charge is 2.16. The average molecular weight is 478 g/mol. The molecule has 4 aromatic rings. The molecule has 34 heavy (non-hydrogen) atoms. The van der Waals surface area contributed by atoms with Gasteiger partial charge in [0.25, 0.3) is 6.02 Å². The summed E-state index contributed by atoms with van der Waals surface area (Å²) in [5, 5.41) is 1.12. The number of nitrogens with zero attached hydrogens (tertiary/aromatic N) is 4. The number of hydrogen-bond donors (Lipinski definition) is 1. The lowest BCUT2D eigenvalue weighted by Crippen LogP contribution is -2.26. The Hall–Kier alpha value is -3.91. The number of aliphatic imine (C=N–C) groups is 1. The van der Waals surface area contributed by atoms with Gasteiger partial charge in [-0.2, -0.15) is 0 Å². The predicted octanol–water partition coefficient (Wildman–Crippen LogP) is 5.07. The quantitative estimate of drug-likeness (QED) is 0.431. The van der Waals surface area contributed by atoms with Crippen molar-refractivity contribution < 1.29 is 13.9 Å². The van der Waals surface area contributed by atoms with Crippen molar-refractivity contribution in [1.29, 1.82) is 0 Å². The Morgan fingerprint density at radius 3 is 2.76 bits per heavy atom. The van der Waals surface area contributed by atoms with Crippen LogP contribution in [0.4, 0.5) is 15.9 Å². The Bertz CT molecular complexity index is 1410. The summed E-state index contributed by atoms with van der Waals surface area (Å²) >= 11 is 6.44. The van der Waals surface area contributed by atoms with Gasteiger partial charge in [0, 0.05) is 23.7 Å². The summed E-state index contributed by atoms with van der Waals surface area (Å²) in [6, 6.07) is 17.8. The molecular formula is C25H21ClFN5O2. The molecule has 1 aliphatic heterocycles. The fourth-order valence-electron chi connectivity index (χ4n) is 3.66. The number of ether oxygens (including phenoxy) is 2. The molecule has 2 heterocycles. The Labute approximate surface area is 200 Å². The zero-order valence-corrected chi connectivity index (χ0v) is 19.1. The summed E-state index contributed by atoms with van der Waals surface area (Å²) < 4.78 is 24.7. The third-order valence-electron chi connectivity index (χ3n) is 5.43. The number of fused-ring (bicyclic) bond motifs is 1. The van der Waals surface area contributed by atoms with Crippen molar-refractivity contribution in [1.82, 2.24) is 9.97 Å². The van der Waals surface area contributed by atoms with Gasteiger partial charge in [0.15, 0.2) is 5.82 Å². The van der Waals surface area contributed by atoms with Crippen LogP contribution in [0.25, 0.3) is 22.3 Å². The Morgan fingerprint density at radius 1 is 1.12 bits per heavy atom. The zero-order chi connectivity index (χ0) is 23.7. The number of amidine groups is 1. The van der Waals surface area contributed by atoms with Crippen molar-refractivity contribution in [3.05, 3.63) is 77.1 Å². The lowest BCUT2D eigenvalue weighted by Gasteiger charge is -2.18. The van der Waals surface area contributed by atoms with Crippen molar-refractivity contribution in [3.8, 4) is 17.1 Å². The minimum absolute atomic E-state index is 0.199. The minimum Gasteiger partial charge on any atom is -0.487 e. The van der Waals surface area contributed by atoms with E-state index in [1.807, 2.05) is 36.2 Å². The molecule has 0 amide bonds. The minimum atomic E-state index is -0.312. The van der Waals surface area contributed by atoms with Crippen LogP contribution in [0, 0.1) is 5.82 Å². The first-order chi connectivity index (χ1) is 16.5. The van der Waals surface area contributed by atoms with Crippen LogP contribution in [-0.4, -0.2) is 36.2 Å². The van der Waals surface area contributed by atoms with Crippen LogP contribution in [0.1, 0.15) is 5.56 Å². The topological polar surface area (TPSA) is 85.9 Å². The summed E-state index contributed by atoms with van der Waals surface area (Å²) in [7, 11) is 1.89. The van der Waals surface area contributed by atoms with E-state index in [4.69, 9.17) is 26.8 Å². The summed E-state index contributed by atoms with van der Waals surface area (Å²) in [6.45, 7) is 1.43. The van der Waals surface area contributed by atoms with Gasteiger partial charge in [0.05, 0.1) is 17.1 Å². The normalized spacial score (nSPS) is 13.0. The summed E-state index contributed by atoms with van der Waals surface area (Å²) in [5.74, 6) is 0.974. The van der Waals surface area contributed by atoms with Crippen molar-refractivity contribution in [2.45, 2.75) is 6.61 Å². The maximum Gasteiger partial charge on any atom is 0.291 e. The number of rotatable bonds is 5. The molecule has 0 saturated carbocycles. The van der Waals surface area contributed by atoms with Crippen molar-refractivity contribution in [2.24, 2.45) is 4.99 Å². The highest BCUT2D eigenvalue weighted by Crippen LogP contribution is 2.32. The molecule has 1 aromatic heterocycles. The summed E-state index contributed by atoms with van der Waals surface area (Å²) in [6.07, 6.45) is 0. The van der Waals surface area contributed by atoms with E-state index >= 15 is 0 Å². The van der Waals surface area contributed by atoms with Crippen LogP contribution < -0.4 is 15.4 Å². The molecule has 9 heteroatoms. The molecular weight excluding hydrogens is 457 g/mol. The highest BCUT2D eigenvalue weighted by atomic mass is 35.5. The molecule has 5 rings (SSSR count). The van der Waals surface area contributed by atoms with Gasteiger partial charge in [-0.3, -0.25) is 4.90 Å². The van der Waals surface area contributed by atoms with Gasteiger partial charge >= 0.3 is 0 Å². The molecule has 0 bridgehead atoms. The molecule has 0 unspecified atom stereocenters. The van der Waals surface area contributed by atoms with Crippen molar-refractivity contribution in [2.75, 3.05) is 30.8 Å². The fraction of sp³-hybridized carbons (Fsp3) is 0.160. The second kappa shape index (κ2) is 9.15. The maximum atomic E-state index is 13.4. The molecule has 0 fully saturated rings. The molecule has 172 valence electrons. The van der Waals surface area contributed by atoms with E-state index in [0.717, 1.165) is 11.1 Å². The van der Waals surface area contributed by atoms with Gasteiger partial charge in [0.1, 0.15) is 30.6 Å². The fourth-order valence-corrected chi connectivity index (χ4v) is 3.89. The van der Waals surface area contributed by atoms with Gasteiger partial charge < -0.3 is 15.2 Å². The third-order valence-corrected chi connectivity index (χ3v) is 5.72. The molecule has 3 aromatic carbocycles. The maximum absolute atomic E-state index is 13.4. The van der Waals surface area contributed by atoms with Crippen LogP contribution in [-0.2, 0) is 11.3 Å². The molecule has 1 aliphatic rings. The Morgan fingerprint density at radius 2 is 2.00 bits per heavy atom. The standard InChI is InChI=1S/C25H21ClFN5O2/c1-32(25-29-9-10-33-25)18-6-7-21-19(13-18)23(28)31-24(30-21)16-5-8-22(20(26)12-16)34-14-15-3-2-4-17(27)11-15/h2-8,11-13H,9-10,14H2,1H3,(H2,28,30,31). The molecule has 7 nitrogen and oxygen atoms in total. The van der Waals surface area contributed by atoms with E-state index in [-0.39, 0.29) is 12.4 Å². The van der Waals surface area contributed by atoms with E-state index < -0.39 is 0 Å². The van der Waals surface area contributed by atoms with E-state index in [1.54, 1.807) is 24.3 Å². The smallest absolute Gasteiger partial charge is 0.291 e. The first kappa shape index (κ1) is 21.9. The van der Waals surface area contributed by atoms with Crippen LogP contribution in [0.5, 0.6) is 5.75 Å². The number of benzene rings is 3. The largest absolute Gasteiger partial charge is 0.487 e. The third kappa shape index (κ3) is 4.45. The van der Waals surface area contributed by atoms with E-state index in [9.17, 15) is 4.39 Å². The number of halogens is 2. The number of nitrogen functional groups attached to an aromatic ring is 1. The second-order valence-corrected chi connectivity index (χ2v) is 8.18. The van der Waals surface area contributed by atoms with Crippen molar-refractivity contribution in [3.63, 3.8) is 0 Å². The van der Waals surface area contributed by atoms with Gasteiger partial charge in [-0.15, -0.1) is 0 Å². The Balaban J connectivity index is 1.39. The summed E-state index contributed by atoms with van der Waals surface area (Å²) in [4.78, 5) is 15.4. The van der Waals surface area contributed by atoms with Crippen molar-refractivity contribution >= 4 is 40.0 Å². The number of hydrogen-bond acceptors (Lipinski definition) is 7. The van der Waals surface area contributed by atoms with Gasteiger partial charge in [-0.1, -0.05) is 23.7 Å². The second-order valence-electron chi connectivity index (χ2n) is 7.77. The van der Waals surface area contributed by atoms with Gasteiger partial charge in [0.2, 0.25) is 0 Å². The van der Waals surface area contributed by atoms with Crippen LogP contribution in [0.2, 0.25) is 5.02 Å². The van der Waals surface area contributed by atoms with Gasteiger partial charge in [-0.05, 0) is 54.1 Å². The highest BCUT2D eigenvalue weighted by molar-refractivity contribution is 6.32. The number of aromatic nitrogens is 2. The first-order valence-electron chi connectivity index (χ1n) is 10.6. The van der Waals surface area contributed by atoms with Crippen LogP contribution in [0.3, 0.4) is 0 Å². The lowest BCUT2D eigenvalue weighted by atomic mass is 10.1. The number of nitrogens with two attached hydrogens (primary N) is 1. The van der Waals surface area contributed by atoms with Crippen LogP contribution in [0.15, 0.2) is 65.7 Å². The molecule has 2 N–H and O–H groups in total. The van der Waals surface area contributed by atoms with E-state index in [1.165, 1.54) is 12.1 Å². The predicted molar refractivity (Wildman–Crippen MR) is 132 cm³/mol. The monoisotopic (exact) mass is 477 g/mol. The molecule has 0 aliphatic carbocycles. The zero-order valence-electron chi connectivity index (χ0n) is 18.3. The number of anilines is 2. The van der Waals surface area contributed by atoms with Crippen LogP contribution >= 0.6 is 11.6 Å².